The molecule has 132 valence electrons. The Morgan fingerprint density at radius 2 is 2.00 bits per heavy atom. The van der Waals surface area contributed by atoms with E-state index in [1.165, 1.54) is 6.92 Å². The van der Waals surface area contributed by atoms with Crippen LogP contribution < -0.4 is 4.90 Å². The second kappa shape index (κ2) is 9.22. The summed E-state index contributed by atoms with van der Waals surface area (Å²) in [6.07, 6.45) is 2.51. The van der Waals surface area contributed by atoms with Crippen LogP contribution in [0.2, 0.25) is 0 Å². The summed E-state index contributed by atoms with van der Waals surface area (Å²) >= 11 is 0. The van der Waals surface area contributed by atoms with Crippen molar-refractivity contribution in [3.63, 3.8) is 0 Å². The van der Waals surface area contributed by atoms with Gasteiger partial charge < -0.3 is 19.4 Å². The molecule has 1 aromatic heterocycles. The zero-order valence-corrected chi connectivity index (χ0v) is 14.5. The van der Waals surface area contributed by atoms with E-state index in [0.717, 1.165) is 25.3 Å². The number of hydrogen-bond acceptors (Lipinski definition) is 5. The lowest BCUT2D eigenvalue weighted by Crippen LogP contribution is -2.52. The van der Waals surface area contributed by atoms with Gasteiger partial charge >= 0.3 is 0 Å². The van der Waals surface area contributed by atoms with E-state index in [0.29, 0.717) is 26.2 Å². The van der Waals surface area contributed by atoms with Gasteiger partial charge in [0.2, 0.25) is 11.8 Å². The Bertz CT molecular complexity index is 530. The zero-order chi connectivity index (χ0) is 17.4. The van der Waals surface area contributed by atoms with E-state index in [9.17, 15) is 9.59 Å². The minimum absolute atomic E-state index is 0.00304. The minimum Gasteiger partial charge on any atom is -0.385 e. The molecule has 0 aromatic carbocycles. The molecule has 2 amide bonds. The summed E-state index contributed by atoms with van der Waals surface area (Å²) in [5.74, 6) is 0.865. The standard InChI is InChI=1S/C17H26N4O3/c1-15(22)21(8-5-13-24-2)14-17(23)20-11-9-19(10-12-20)16-6-3-4-7-18-16/h3-4,6-7H,5,8-14H2,1-2H3. The van der Waals surface area contributed by atoms with Crippen LogP contribution in [0.5, 0.6) is 0 Å². The van der Waals surface area contributed by atoms with Crippen LogP contribution in [0.1, 0.15) is 13.3 Å². The van der Waals surface area contributed by atoms with Crippen molar-refractivity contribution in [2.24, 2.45) is 0 Å². The van der Waals surface area contributed by atoms with Crippen molar-refractivity contribution in [2.75, 3.05) is 57.9 Å². The van der Waals surface area contributed by atoms with E-state index in [1.54, 1.807) is 18.2 Å². The molecule has 24 heavy (non-hydrogen) atoms. The van der Waals surface area contributed by atoms with Gasteiger partial charge in [0.15, 0.2) is 0 Å². The van der Waals surface area contributed by atoms with Gasteiger partial charge in [-0.1, -0.05) is 6.07 Å². The van der Waals surface area contributed by atoms with Gasteiger partial charge in [0.25, 0.3) is 0 Å². The Balaban J connectivity index is 1.82. The highest BCUT2D eigenvalue weighted by Crippen LogP contribution is 2.12. The van der Waals surface area contributed by atoms with E-state index in [-0.39, 0.29) is 18.4 Å². The third-order valence-electron chi connectivity index (χ3n) is 4.15. The maximum atomic E-state index is 12.5. The molecule has 0 N–H and O–H groups in total. The van der Waals surface area contributed by atoms with Crippen LogP contribution >= 0.6 is 0 Å². The van der Waals surface area contributed by atoms with Gasteiger partial charge in [-0.2, -0.15) is 0 Å². The maximum Gasteiger partial charge on any atom is 0.242 e. The average Bonchev–Trinajstić information content (AvgIpc) is 2.61. The second-order valence-corrected chi connectivity index (χ2v) is 5.84. The third-order valence-corrected chi connectivity index (χ3v) is 4.15. The highest BCUT2D eigenvalue weighted by Gasteiger charge is 2.23. The molecule has 7 nitrogen and oxygen atoms in total. The van der Waals surface area contributed by atoms with Gasteiger partial charge in [0.05, 0.1) is 6.54 Å². The van der Waals surface area contributed by atoms with Crippen molar-refractivity contribution in [1.82, 2.24) is 14.8 Å². The van der Waals surface area contributed by atoms with Crippen molar-refractivity contribution in [1.29, 1.82) is 0 Å². The number of nitrogens with zero attached hydrogens (tertiary/aromatic N) is 4. The average molecular weight is 334 g/mol. The van der Waals surface area contributed by atoms with E-state index in [2.05, 4.69) is 9.88 Å². The molecular formula is C17H26N4O3. The second-order valence-electron chi connectivity index (χ2n) is 5.84. The molecule has 2 rings (SSSR count). The van der Waals surface area contributed by atoms with Crippen molar-refractivity contribution in [2.45, 2.75) is 13.3 Å². The molecule has 2 heterocycles. The van der Waals surface area contributed by atoms with E-state index < -0.39 is 0 Å². The van der Waals surface area contributed by atoms with Gasteiger partial charge in [-0.15, -0.1) is 0 Å². The summed E-state index contributed by atoms with van der Waals surface area (Å²) < 4.78 is 5.00. The first-order valence-electron chi connectivity index (χ1n) is 8.30. The van der Waals surface area contributed by atoms with Crippen molar-refractivity contribution in [3.8, 4) is 0 Å². The SMILES string of the molecule is COCCCN(CC(=O)N1CCN(c2ccccn2)CC1)C(C)=O. The molecular weight excluding hydrogens is 308 g/mol. The van der Waals surface area contributed by atoms with Gasteiger partial charge in [-0.3, -0.25) is 9.59 Å². The number of amides is 2. The number of aromatic nitrogens is 1. The molecule has 0 bridgehead atoms. The smallest absolute Gasteiger partial charge is 0.242 e. The first-order chi connectivity index (χ1) is 11.6. The Hall–Kier alpha value is -2.15. The fourth-order valence-corrected chi connectivity index (χ4v) is 2.74. The number of pyridine rings is 1. The minimum atomic E-state index is -0.0772. The molecule has 1 aromatic rings. The maximum absolute atomic E-state index is 12.5. The highest BCUT2D eigenvalue weighted by molar-refractivity contribution is 5.84. The summed E-state index contributed by atoms with van der Waals surface area (Å²) in [4.78, 5) is 34.1. The molecule has 0 atom stereocenters. The molecule has 0 aliphatic carbocycles. The number of hydrogen-bond donors (Lipinski definition) is 0. The normalized spacial score (nSPS) is 14.6. The van der Waals surface area contributed by atoms with E-state index in [4.69, 9.17) is 4.74 Å². The van der Waals surface area contributed by atoms with E-state index >= 15 is 0 Å². The third kappa shape index (κ3) is 5.19. The summed E-state index contributed by atoms with van der Waals surface area (Å²) in [7, 11) is 1.63. The highest BCUT2D eigenvalue weighted by atomic mass is 16.5. The molecule has 0 saturated carbocycles. The lowest BCUT2D eigenvalue weighted by Gasteiger charge is -2.36. The fraction of sp³-hybridized carbons (Fsp3) is 0.588. The van der Waals surface area contributed by atoms with Crippen LogP contribution in [-0.2, 0) is 14.3 Å². The molecule has 0 unspecified atom stereocenters. The lowest BCUT2D eigenvalue weighted by atomic mass is 10.3. The molecule has 1 aliphatic rings. The predicted octanol–water partition coefficient (Wildman–Crippen LogP) is 0.615. The quantitative estimate of drug-likeness (QED) is 0.684. The fourth-order valence-electron chi connectivity index (χ4n) is 2.74. The monoisotopic (exact) mass is 334 g/mol. The molecule has 7 heteroatoms. The molecule has 1 aliphatic heterocycles. The summed E-state index contributed by atoms with van der Waals surface area (Å²) in [5.41, 5.74) is 0. The largest absolute Gasteiger partial charge is 0.385 e. The topological polar surface area (TPSA) is 66.0 Å². The number of carbonyl (C=O) groups excluding carboxylic acids is 2. The molecule has 0 radical (unpaired) electrons. The Morgan fingerprint density at radius 1 is 1.25 bits per heavy atom. The van der Waals surface area contributed by atoms with Gasteiger partial charge in [0, 0.05) is 59.6 Å². The Morgan fingerprint density at radius 3 is 2.58 bits per heavy atom. The van der Waals surface area contributed by atoms with Crippen molar-refractivity contribution in [3.05, 3.63) is 24.4 Å². The van der Waals surface area contributed by atoms with Crippen LogP contribution in [0, 0.1) is 0 Å². The molecule has 1 fully saturated rings. The number of methoxy groups -OCH3 is 1. The number of anilines is 1. The summed E-state index contributed by atoms with van der Waals surface area (Å²) in [5, 5.41) is 0. The molecule has 0 spiro atoms. The number of carbonyl (C=O) groups is 2. The Kier molecular flexibility index (Phi) is 6.99. The zero-order valence-electron chi connectivity index (χ0n) is 14.5. The van der Waals surface area contributed by atoms with Crippen molar-refractivity contribution < 1.29 is 14.3 Å². The van der Waals surface area contributed by atoms with Crippen LogP contribution in [0.3, 0.4) is 0 Å². The van der Waals surface area contributed by atoms with Crippen LogP contribution in [0.15, 0.2) is 24.4 Å². The van der Waals surface area contributed by atoms with Crippen LogP contribution in [-0.4, -0.2) is 79.6 Å². The number of piperazine rings is 1. The lowest BCUT2D eigenvalue weighted by molar-refractivity contribution is -0.139. The van der Waals surface area contributed by atoms with Gasteiger partial charge in [0.1, 0.15) is 5.82 Å². The van der Waals surface area contributed by atoms with Gasteiger partial charge in [-0.25, -0.2) is 4.98 Å². The summed E-state index contributed by atoms with van der Waals surface area (Å²) in [6.45, 7) is 5.59. The van der Waals surface area contributed by atoms with Crippen molar-refractivity contribution >= 4 is 17.6 Å². The molecule has 1 saturated heterocycles. The summed E-state index contributed by atoms with van der Waals surface area (Å²) in [6, 6.07) is 5.83. The number of ether oxygens (including phenoxy) is 1. The first-order valence-corrected chi connectivity index (χ1v) is 8.30. The van der Waals surface area contributed by atoms with Crippen LogP contribution in [0.25, 0.3) is 0 Å². The van der Waals surface area contributed by atoms with Crippen LogP contribution in [0.4, 0.5) is 5.82 Å². The predicted molar refractivity (Wildman–Crippen MR) is 91.8 cm³/mol. The first kappa shape index (κ1) is 18.2. The Labute approximate surface area is 143 Å². The number of rotatable bonds is 7. The van der Waals surface area contributed by atoms with E-state index in [1.807, 2.05) is 23.1 Å². The van der Waals surface area contributed by atoms with Gasteiger partial charge in [-0.05, 0) is 18.6 Å².